The van der Waals surface area contributed by atoms with Crippen LogP contribution < -0.4 is 5.73 Å². The van der Waals surface area contributed by atoms with Crippen molar-refractivity contribution in [2.45, 2.75) is 18.6 Å². The van der Waals surface area contributed by atoms with Crippen molar-refractivity contribution in [1.82, 2.24) is 0 Å². The number of aromatic hydroxyl groups is 1. The van der Waals surface area contributed by atoms with E-state index < -0.39 is 18.1 Å². The van der Waals surface area contributed by atoms with Gasteiger partial charge < -0.3 is 21.1 Å². The van der Waals surface area contributed by atoms with Gasteiger partial charge in [0.1, 0.15) is 11.3 Å². The zero-order chi connectivity index (χ0) is 15.4. The molecule has 0 aliphatic heterocycles. The van der Waals surface area contributed by atoms with Crippen LogP contribution in [0.5, 0.6) is 5.75 Å². The predicted octanol–water partition coefficient (Wildman–Crippen LogP) is 2.12. The molecular formula is C16H18ClNO4. The second-order valence-electron chi connectivity index (χ2n) is 4.86. The second-order valence-corrected chi connectivity index (χ2v) is 4.86. The van der Waals surface area contributed by atoms with Crippen LogP contribution in [0.4, 0.5) is 0 Å². The predicted molar refractivity (Wildman–Crippen MR) is 85.4 cm³/mol. The quantitative estimate of drug-likeness (QED) is 0.674. The number of aliphatic hydroxyl groups excluding tert-OH is 1. The lowest BCUT2D eigenvalue weighted by Gasteiger charge is -2.20. The molecule has 22 heavy (non-hydrogen) atoms. The monoisotopic (exact) mass is 323 g/mol. The molecule has 0 fully saturated rings. The molecule has 0 radical (unpaired) electrons. The van der Waals surface area contributed by atoms with E-state index in [1.165, 1.54) is 18.2 Å². The highest BCUT2D eigenvalue weighted by molar-refractivity contribution is 5.91. The minimum absolute atomic E-state index is 0. The maximum absolute atomic E-state index is 11.0. The summed E-state index contributed by atoms with van der Waals surface area (Å²) in [6.45, 7) is 0. The molecule has 5 nitrogen and oxygen atoms in total. The highest BCUT2D eigenvalue weighted by Crippen LogP contribution is 2.24. The number of rotatable bonds is 5. The van der Waals surface area contributed by atoms with Gasteiger partial charge in [-0.05, 0) is 23.3 Å². The van der Waals surface area contributed by atoms with Crippen LogP contribution in [0.15, 0.2) is 48.5 Å². The van der Waals surface area contributed by atoms with Crippen LogP contribution in [0.3, 0.4) is 0 Å². The Morgan fingerprint density at radius 2 is 1.77 bits per heavy atom. The van der Waals surface area contributed by atoms with Gasteiger partial charge in [-0.2, -0.15) is 0 Å². The van der Waals surface area contributed by atoms with E-state index in [4.69, 9.17) is 10.8 Å². The van der Waals surface area contributed by atoms with Crippen molar-refractivity contribution >= 4 is 18.4 Å². The molecule has 0 heterocycles. The summed E-state index contributed by atoms with van der Waals surface area (Å²) >= 11 is 0. The number of halogens is 1. The summed E-state index contributed by atoms with van der Waals surface area (Å²) in [6.07, 6.45) is -0.482. The van der Waals surface area contributed by atoms with Gasteiger partial charge in [0.2, 0.25) is 0 Å². The van der Waals surface area contributed by atoms with Crippen molar-refractivity contribution in [2.24, 2.45) is 5.73 Å². The van der Waals surface area contributed by atoms with Crippen LogP contribution in [0.2, 0.25) is 0 Å². The van der Waals surface area contributed by atoms with E-state index in [1.807, 2.05) is 30.3 Å². The number of phenols is 1. The number of hydrogen-bond acceptors (Lipinski definition) is 4. The Bertz CT molecular complexity index is 633. The number of carbonyl (C=O) groups is 1. The number of benzene rings is 2. The molecule has 0 aromatic heterocycles. The van der Waals surface area contributed by atoms with E-state index in [2.05, 4.69) is 0 Å². The van der Waals surface area contributed by atoms with Gasteiger partial charge in [-0.15, -0.1) is 12.4 Å². The van der Waals surface area contributed by atoms with Crippen LogP contribution in [0.1, 0.15) is 27.5 Å². The van der Waals surface area contributed by atoms with Gasteiger partial charge in [0.05, 0.1) is 12.1 Å². The molecule has 118 valence electrons. The largest absolute Gasteiger partial charge is 0.507 e. The van der Waals surface area contributed by atoms with E-state index in [0.29, 0.717) is 12.0 Å². The summed E-state index contributed by atoms with van der Waals surface area (Å²) in [7, 11) is 0. The summed E-state index contributed by atoms with van der Waals surface area (Å²) in [5, 5.41) is 28.6. The molecular weight excluding hydrogens is 306 g/mol. The first-order valence-corrected chi connectivity index (χ1v) is 6.53. The maximum atomic E-state index is 11.0. The van der Waals surface area contributed by atoms with E-state index in [1.54, 1.807) is 0 Å². The number of carboxylic acid groups (broad SMARTS) is 1. The van der Waals surface area contributed by atoms with Crippen molar-refractivity contribution in [3.63, 3.8) is 0 Å². The van der Waals surface area contributed by atoms with Gasteiger partial charge in [0.15, 0.2) is 0 Å². The third kappa shape index (κ3) is 4.21. The highest BCUT2D eigenvalue weighted by atomic mass is 35.5. The molecule has 2 rings (SSSR count). The highest BCUT2D eigenvalue weighted by Gasteiger charge is 2.20. The van der Waals surface area contributed by atoms with E-state index >= 15 is 0 Å². The smallest absolute Gasteiger partial charge is 0.339 e. The fourth-order valence-corrected chi connectivity index (χ4v) is 2.14. The number of aromatic carboxylic acids is 1. The Hall–Kier alpha value is -2.08. The summed E-state index contributed by atoms with van der Waals surface area (Å²) in [6, 6.07) is 12.7. The molecule has 2 atom stereocenters. The van der Waals surface area contributed by atoms with Crippen molar-refractivity contribution in [2.75, 3.05) is 0 Å². The molecule has 0 amide bonds. The zero-order valence-electron chi connectivity index (χ0n) is 11.7. The van der Waals surface area contributed by atoms with Gasteiger partial charge in [-0.1, -0.05) is 36.4 Å². The van der Waals surface area contributed by atoms with Crippen molar-refractivity contribution in [1.29, 1.82) is 0 Å². The second kappa shape index (κ2) is 7.79. The minimum atomic E-state index is -1.24. The van der Waals surface area contributed by atoms with Crippen LogP contribution >= 0.6 is 12.4 Å². The normalized spacial score (nSPS) is 13.0. The number of aliphatic hydroxyl groups is 1. The lowest BCUT2D eigenvalue weighted by Crippen LogP contribution is -2.28. The Morgan fingerprint density at radius 3 is 2.36 bits per heavy atom. The Kier molecular flexibility index (Phi) is 6.37. The fourth-order valence-electron chi connectivity index (χ4n) is 2.14. The fraction of sp³-hybridized carbons (Fsp3) is 0.188. The van der Waals surface area contributed by atoms with Crippen molar-refractivity contribution < 1.29 is 20.1 Å². The lowest BCUT2D eigenvalue weighted by molar-refractivity contribution is 0.0693. The number of carboxylic acids is 1. The van der Waals surface area contributed by atoms with Crippen LogP contribution in [-0.4, -0.2) is 27.4 Å². The Balaban J connectivity index is 0.00000242. The van der Waals surface area contributed by atoms with Gasteiger partial charge in [0.25, 0.3) is 0 Å². The number of nitrogens with two attached hydrogens (primary N) is 1. The zero-order valence-corrected chi connectivity index (χ0v) is 12.5. The van der Waals surface area contributed by atoms with Crippen LogP contribution in [0, 0.1) is 0 Å². The molecule has 2 aromatic rings. The molecule has 0 bridgehead atoms. The standard InChI is InChI=1S/C16H17NO4.ClH/c17-15(14(19)8-10-4-2-1-3-5-10)11-6-7-13(18)12(9-11)16(20)21;/h1-7,9,14-15,18-19H,8,17H2,(H,20,21);1H/t14-,15+;/m1./s1. The summed E-state index contributed by atoms with van der Waals surface area (Å²) < 4.78 is 0. The van der Waals surface area contributed by atoms with Gasteiger partial charge >= 0.3 is 5.97 Å². The third-order valence-electron chi connectivity index (χ3n) is 3.34. The first kappa shape index (κ1) is 18.0. The maximum Gasteiger partial charge on any atom is 0.339 e. The number of hydrogen-bond donors (Lipinski definition) is 4. The molecule has 0 aliphatic rings. The van der Waals surface area contributed by atoms with Gasteiger partial charge in [-0.3, -0.25) is 0 Å². The van der Waals surface area contributed by atoms with E-state index in [-0.39, 0.29) is 23.7 Å². The van der Waals surface area contributed by atoms with Crippen LogP contribution in [-0.2, 0) is 6.42 Å². The van der Waals surface area contributed by atoms with E-state index in [0.717, 1.165) is 5.56 Å². The van der Waals surface area contributed by atoms with Crippen molar-refractivity contribution in [3.05, 3.63) is 65.2 Å². The molecule has 0 spiro atoms. The van der Waals surface area contributed by atoms with Crippen molar-refractivity contribution in [3.8, 4) is 5.75 Å². The van der Waals surface area contributed by atoms with Gasteiger partial charge in [-0.25, -0.2) is 4.79 Å². The first-order valence-electron chi connectivity index (χ1n) is 6.53. The molecule has 0 unspecified atom stereocenters. The molecule has 6 heteroatoms. The summed E-state index contributed by atoms with van der Waals surface area (Å²) in [5.41, 5.74) is 7.16. The van der Waals surface area contributed by atoms with Gasteiger partial charge in [0, 0.05) is 6.42 Å². The SMILES string of the molecule is Cl.N[C@@H](c1ccc(O)c(C(=O)O)c1)[C@H](O)Cc1ccccc1. The summed E-state index contributed by atoms with van der Waals surface area (Å²) in [4.78, 5) is 11.0. The van der Waals surface area contributed by atoms with E-state index in [9.17, 15) is 15.0 Å². The topological polar surface area (TPSA) is 104 Å². The molecule has 5 N–H and O–H groups in total. The first-order chi connectivity index (χ1) is 9.99. The molecule has 0 saturated carbocycles. The Morgan fingerprint density at radius 1 is 1.14 bits per heavy atom. The molecule has 0 aliphatic carbocycles. The molecule has 2 aromatic carbocycles. The Labute approximate surface area is 134 Å². The average Bonchev–Trinajstić information content (AvgIpc) is 2.47. The average molecular weight is 324 g/mol. The third-order valence-corrected chi connectivity index (χ3v) is 3.34. The lowest BCUT2D eigenvalue weighted by atomic mass is 9.95. The summed E-state index contributed by atoms with van der Waals surface area (Å²) in [5.74, 6) is -1.56. The molecule has 0 saturated heterocycles. The van der Waals surface area contributed by atoms with Crippen LogP contribution in [0.25, 0.3) is 0 Å². The minimum Gasteiger partial charge on any atom is -0.507 e.